The zero-order chi connectivity index (χ0) is 22.8. The highest BCUT2D eigenvalue weighted by molar-refractivity contribution is 6.07. The van der Waals surface area contributed by atoms with E-state index in [2.05, 4.69) is 4.74 Å². The first kappa shape index (κ1) is 22.2. The summed E-state index contributed by atoms with van der Waals surface area (Å²) in [7, 11) is 0. The van der Waals surface area contributed by atoms with E-state index in [0.717, 1.165) is 17.7 Å². The average Bonchev–Trinajstić information content (AvgIpc) is 3.58. The average molecular weight is 448 g/mol. The molecular weight excluding hydrogens is 422 g/mol. The second-order valence-corrected chi connectivity index (χ2v) is 8.26. The Morgan fingerprint density at radius 1 is 1.12 bits per heavy atom. The van der Waals surface area contributed by atoms with Gasteiger partial charge in [-0.1, -0.05) is 18.2 Å². The number of hydrogen-bond donors (Lipinski definition) is 0. The van der Waals surface area contributed by atoms with Crippen LogP contribution in [0.25, 0.3) is 0 Å². The van der Waals surface area contributed by atoms with Gasteiger partial charge >= 0.3 is 6.61 Å². The van der Waals surface area contributed by atoms with Gasteiger partial charge in [-0.25, -0.2) is 0 Å². The van der Waals surface area contributed by atoms with Crippen LogP contribution in [0.5, 0.6) is 11.5 Å². The monoisotopic (exact) mass is 448 g/mol. The summed E-state index contributed by atoms with van der Waals surface area (Å²) in [6, 6.07) is 4.62. The van der Waals surface area contributed by atoms with Gasteiger partial charge in [-0.2, -0.15) is 8.78 Å². The van der Waals surface area contributed by atoms with Crippen LogP contribution in [0.4, 0.5) is 8.78 Å². The van der Waals surface area contributed by atoms with Crippen molar-refractivity contribution >= 4 is 17.7 Å². The fraction of sp³-hybridized carbons (Fsp3) is 0.522. The number of likely N-dealkylation sites (tertiary alicyclic amines) is 1. The Morgan fingerprint density at radius 2 is 1.78 bits per heavy atom. The Bertz CT molecular complexity index is 905. The van der Waals surface area contributed by atoms with Gasteiger partial charge in [0.15, 0.2) is 11.5 Å². The lowest BCUT2D eigenvalue weighted by atomic mass is 9.85. The van der Waals surface area contributed by atoms with E-state index in [-0.39, 0.29) is 66.8 Å². The van der Waals surface area contributed by atoms with Crippen molar-refractivity contribution in [1.82, 2.24) is 9.80 Å². The van der Waals surface area contributed by atoms with Crippen molar-refractivity contribution < 1.29 is 32.6 Å². The van der Waals surface area contributed by atoms with E-state index >= 15 is 0 Å². The van der Waals surface area contributed by atoms with Crippen LogP contribution >= 0.6 is 0 Å². The molecule has 7 nitrogen and oxygen atoms in total. The molecule has 2 atom stereocenters. The number of halogens is 2. The lowest BCUT2D eigenvalue weighted by Crippen LogP contribution is -2.43. The van der Waals surface area contributed by atoms with Gasteiger partial charge in [-0.15, -0.1) is 0 Å². The molecule has 0 aromatic heterocycles. The number of ether oxygens (including phenoxy) is 2. The number of fused-ring (bicyclic) bond motifs is 1. The molecule has 0 radical (unpaired) electrons. The summed E-state index contributed by atoms with van der Waals surface area (Å²) in [6.07, 6.45) is 6.55. The third-order valence-corrected chi connectivity index (χ3v) is 6.08. The number of amides is 3. The second kappa shape index (κ2) is 9.26. The number of allylic oxidation sites excluding steroid dienone is 2. The van der Waals surface area contributed by atoms with Crippen molar-refractivity contribution in [1.29, 1.82) is 0 Å². The van der Waals surface area contributed by atoms with Crippen molar-refractivity contribution in [3.63, 3.8) is 0 Å². The highest BCUT2D eigenvalue weighted by Gasteiger charge is 2.48. The summed E-state index contributed by atoms with van der Waals surface area (Å²) in [6.45, 7) is -1.02. The first-order chi connectivity index (χ1) is 15.4. The van der Waals surface area contributed by atoms with E-state index < -0.39 is 6.61 Å². The Hall–Kier alpha value is -2.97. The predicted molar refractivity (Wildman–Crippen MR) is 110 cm³/mol. The first-order valence-corrected chi connectivity index (χ1v) is 10.9. The molecule has 1 saturated carbocycles. The molecule has 1 heterocycles. The fourth-order valence-corrected chi connectivity index (χ4v) is 4.37. The molecule has 0 spiro atoms. The summed E-state index contributed by atoms with van der Waals surface area (Å²) in [5.74, 6) is -1.49. The molecule has 0 bridgehead atoms. The van der Waals surface area contributed by atoms with Gasteiger partial charge in [0.05, 0.1) is 18.4 Å². The third-order valence-electron chi connectivity index (χ3n) is 6.08. The molecule has 172 valence electrons. The first-order valence-electron chi connectivity index (χ1n) is 10.9. The maximum Gasteiger partial charge on any atom is 0.387 e. The van der Waals surface area contributed by atoms with E-state index in [1.165, 1.54) is 6.07 Å². The summed E-state index contributed by atoms with van der Waals surface area (Å²) in [5.41, 5.74) is 0.687. The minimum absolute atomic E-state index is 0.0341. The fourth-order valence-electron chi connectivity index (χ4n) is 4.37. The predicted octanol–water partition coefficient (Wildman–Crippen LogP) is 3.13. The molecular formula is C23H26F2N2O5. The Morgan fingerprint density at radius 3 is 2.34 bits per heavy atom. The van der Waals surface area contributed by atoms with Crippen molar-refractivity contribution in [2.45, 2.75) is 51.8 Å². The van der Waals surface area contributed by atoms with Gasteiger partial charge in [0.1, 0.15) is 6.54 Å². The SMILES string of the molecule is CCOc1cc(CN(C(=O)CN2C(=O)C3CC=CCC3C2=O)C2CC2)ccc1OC(F)F. The number of benzene rings is 1. The molecule has 1 aliphatic heterocycles. The largest absolute Gasteiger partial charge is 0.490 e. The van der Waals surface area contributed by atoms with Crippen LogP contribution < -0.4 is 9.47 Å². The number of carbonyl (C=O) groups excluding carboxylic acids is 3. The Labute approximate surface area is 184 Å². The molecule has 1 aromatic carbocycles. The normalized spacial score (nSPS) is 22.3. The minimum Gasteiger partial charge on any atom is -0.490 e. The van der Waals surface area contributed by atoms with E-state index in [0.29, 0.717) is 18.4 Å². The van der Waals surface area contributed by atoms with Crippen molar-refractivity contribution in [3.8, 4) is 11.5 Å². The smallest absolute Gasteiger partial charge is 0.387 e. The Kier molecular flexibility index (Phi) is 6.43. The van der Waals surface area contributed by atoms with Gasteiger partial charge in [0.25, 0.3) is 0 Å². The molecule has 1 aromatic rings. The summed E-state index contributed by atoms with van der Waals surface area (Å²) in [4.78, 5) is 41.3. The number of nitrogens with zero attached hydrogens (tertiary/aromatic N) is 2. The highest BCUT2D eigenvalue weighted by Crippen LogP contribution is 2.36. The summed E-state index contributed by atoms with van der Waals surface area (Å²) < 4.78 is 35.2. The van der Waals surface area contributed by atoms with Crippen LogP contribution in [0.15, 0.2) is 30.4 Å². The van der Waals surface area contributed by atoms with Crippen molar-refractivity contribution in [2.75, 3.05) is 13.2 Å². The van der Waals surface area contributed by atoms with Crippen LogP contribution in [-0.2, 0) is 20.9 Å². The lowest BCUT2D eigenvalue weighted by molar-refractivity contribution is -0.147. The molecule has 2 unspecified atom stereocenters. The van der Waals surface area contributed by atoms with Crippen molar-refractivity contribution in [3.05, 3.63) is 35.9 Å². The van der Waals surface area contributed by atoms with Gasteiger partial charge in [-0.3, -0.25) is 19.3 Å². The van der Waals surface area contributed by atoms with E-state index in [4.69, 9.17) is 4.74 Å². The highest BCUT2D eigenvalue weighted by atomic mass is 19.3. The topological polar surface area (TPSA) is 76.2 Å². The van der Waals surface area contributed by atoms with Gasteiger partial charge < -0.3 is 14.4 Å². The number of rotatable bonds is 9. The maximum atomic E-state index is 13.1. The van der Waals surface area contributed by atoms with Crippen LogP contribution in [0.3, 0.4) is 0 Å². The van der Waals surface area contributed by atoms with Gasteiger partial charge in [0, 0.05) is 12.6 Å². The molecule has 2 aliphatic carbocycles. The molecule has 4 rings (SSSR count). The van der Waals surface area contributed by atoms with E-state index in [9.17, 15) is 23.2 Å². The van der Waals surface area contributed by atoms with Crippen molar-refractivity contribution in [2.24, 2.45) is 11.8 Å². The molecule has 3 amide bonds. The molecule has 0 N–H and O–H groups in total. The van der Waals surface area contributed by atoms with E-state index in [1.54, 1.807) is 24.0 Å². The molecule has 32 heavy (non-hydrogen) atoms. The number of hydrogen-bond acceptors (Lipinski definition) is 5. The maximum absolute atomic E-state index is 13.1. The Balaban J connectivity index is 1.47. The van der Waals surface area contributed by atoms with Gasteiger partial charge in [0.2, 0.25) is 17.7 Å². The quantitative estimate of drug-likeness (QED) is 0.429. The van der Waals surface area contributed by atoms with Crippen LogP contribution in [0.1, 0.15) is 38.2 Å². The molecule has 3 aliphatic rings. The second-order valence-electron chi connectivity index (χ2n) is 8.26. The molecule has 1 saturated heterocycles. The molecule has 2 fully saturated rings. The number of carbonyl (C=O) groups is 3. The standard InChI is InChI=1S/C23H26F2N2O5/c1-2-31-19-11-14(7-10-18(19)32-23(24)25)12-26(15-8-9-15)20(28)13-27-21(29)16-5-3-4-6-17(16)22(27)30/h3-4,7,10-11,15-17,23H,2,5-6,8-9,12-13H2,1H3. The summed E-state index contributed by atoms with van der Waals surface area (Å²) in [5, 5.41) is 0. The zero-order valence-corrected chi connectivity index (χ0v) is 17.8. The number of alkyl halides is 2. The minimum atomic E-state index is -2.97. The van der Waals surface area contributed by atoms with E-state index in [1.807, 2.05) is 12.2 Å². The lowest BCUT2D eigenvalue weighted by Gasteiger charge is -2.25. The molecule has 9 heteroatoms. The number of imide groups is 1. The zero-order valence-electron chi connectivity index (χ0n) is 17.8. The summed E-state index contributed by atoms with van der Waals surface area (Å²) >= 11 is 0. The van der Waals surface area contributed by atoms with Gasteiger partial charge in [-0.05, 0) is 50.3 Å². The van der Waals surface area contributed by atoms with Crippen LogP contribution in [0.2, 0.25) is 0 Å². The van der Waals surface area contributed by atoms with Crippen LogP contribution in [-0.4, -0.2) is 53.3 Å². The van der Waals surface area contributed by atoms with Crippen LogP contribution in [0, 0.1) is 11.8 Å². The third kappa shape index (κ3) is 4.61.